The molecule has 0 unspecified atom stereocenters. The third kappa shape index (κ3) is 2.61. The van der Waals surface area contributed by atoms with Gasteiger partial charge in [-0.1, -0.05) is 13.8 Å². The average molecular weight is 231 g/mol. The fourth-order valence-electron chi connectivity index (χ4n) is 1.72. The van der Waals surface area contributed by atoms with Crippen molar-refractivity contribution in [2.24, 2.45) is 0 Å². The lowest BCUT2D eigenvalue weighted by atomic mass is 10.1. The molecule has 0 radical (unpaired) electrons. The minimum Gasteiger partial charge on any atom is -0.379 e. The van der Waals surface area contributed by atoms with E-state index in [2.05, 4.69) is 34.2 Å². The van der Waals surface area contributed by atoms with Gasteiger partial charge in [-0.15, -0.1) is 0 Å². The van der Waals surface area contributed by atoms with Gasteiger partial charge in [0.2, 0.25) is 0 Å². The number of nitrogens with one attached hydrogen (secondary N) is 1. The SMILES string of the molecule is CCC(CC)Nc1cccnc1-n1cncn1. The van der Waals surface area contributed by atoms with Gasteiger partial charge in [-0.2, -0.15) is 5.10 Å². The van der Waals surface area contributed by atoms with Crippen LogP contribution in [0.25, 0.3) is 5.82 Å². The van der Waals surface area contributed by atoms with E-state index in [0.717, 1.165) is 24.3 Å². The molecule has 0 saturated heterocycles. The molecule has 0 aliphatic carbocycles. The van der Waals surface area contributed by atoms with Crippen molar-refractivity contribution in [2.75, 3.05) is 5.32 Å². The number of anilines is 1. The Morgan fingerprint density at radius 2 is 2.18 bits per heavy atom. The van der Waals surface area contributed by atoms with E-state index in [4.69, 9.17) is 0 Å². The van der Waals surface area contributed by atoms with E-state index in [9.17, 15) is 0 Å². The molecule has 1 N–H and O–H groups in total. The van der Waals surface area contributed by atoms with Crippen molar-refractivity contribution in [1.29, 1.82) is 0 Å². The van der Waals surface area contributed by atoms with Crippen LogP contribution < -0.4 is 5.32 Å². The Hall–Kier alpha value is -1.91. The molecular weight excluding hydrogens is 214 g/mol. The van der Waals surface area contributed by atoms with E-state index < -0.39 is 0 Å². The number of pyridine rings is 1. The predicted molar refractivity (Wildman–Crippen MR) is 67.1 cm³/mol. The maximum atomic E-state index is 4.34. The topological polar surface area (TPSA) is 55.6 Å². The van der Waals surface area contributed by atoms with Crippen LogP contribution in [-0.2, 0) is 0 Å². The van der Waals surface area contributed by atoms with Gasteiger partial charge >= 0.3 is 0 Å². The molecule has 0 spiro atoms. The minimum absolute atomic E-state index is 0.460. The zero-order valence-corrected chi connectivity index (χ0v) is 10.2. The first kappa shape index (κ1) is 11.6. The van der Waals surface area contributed by atoms with Gasteiger partial charge in [0.05, 0.1) is 5.69 Å². The summed E-state index contributed by atoms with van der Waals surface area (Å²) in [7, 11) is 0. The van der Waals surface area contributed by atoms with E-state index in [1.165, 1.54) is 6.33 Å². The van der Waals surface area contributed by atoms with Crippen molar-refractivity contribution in [1.82, 2.24) is 19.7 Å². The molecule has 0 amide bonds. The Labute approximate surface area is 101 Å². The third-order valence-electron chi connectivity index (χ3n) is 2.77. The fraction of sp³-hybridized carbons (Fsp3) is 0.417. The molecule has 0 aliphatic heterocycles. The van der Waals surface area contributed by atoms with Gasteiger partial charge in [-0.3, -0.25) is 0 Å². The summed E-state index contributed by atoms with van der Waals surface area (Å²) in [4.78, 5) is 8.28. The number of aromatic nitrogens is 4. The monoisotopic (exact) mass is 231 g/mol. The smallest absolute Gasteiger partial charge is 0.178 e. The Bertz CT molecular complexity index is 448. The van der Waals surface area contributed by atoms with Crippen LogP contribution in [0.1, 0.15) is 26.7 Å². The summed E-state index contributed by atoms with van der Waals surface area (Å²) in [6.07, 6.45) is 7.09. The third-order valence-corrected chi connectivity index (χ3v) is 2.77. The Kier molecular flexibility index (Phi) is 3.69. The molecule has 17 heavy (non-hydrogen) atoms. The molecule has 5 heteroatoms. The van der Waals surface area contributed by atoms with Gasteiger partial charge in [-0.05, 0) is 25.0 Å². The normalized spacial score (nSPS) is 10.8. The molecule has 0 atom stereocenters. The van der Waals surface area contributed by atoms with Gasteiger partial charge in [0.25, 0.3) is 0 Å². The summed E-state index contributed by atoms with van der Waals surface area (Å²) in [5.74, 6) is 0.789. The molecule has 2 rings (SSSR count). The van der Waals surface area contributed by atoms with Crippen LogP contribution in [0.15, 0.2) is 31.0 Å². The molecule has 0 saturated carbocycles. The second-order valence-electron chi connectivity index (χ2n) is 3.87. The second-order valence-corrected chi connectivity index (χ2v) is 3.87. The Morgan fingerprint density at radius 3 is 2.82 bits per heavy atom. The molecule has 5 nitrogen and oxygen atoms in total. The highest BCUT2D eigenvalue weighted by Crippen LogP contribution is 2.18. The molecule has 0 aliphatic rings. The van der Waals surface area contributed by atoms with Gasteiger partial charge < -0.3 is 5.32 Å². The predicted octanol–water partition coefficient (Wildman–Crippen LogP) is 2.26. The number of nitrogens with zero attached hydrogens (tertiary/aromatic N) is 4. The first-order valence-electron chi connectivity index (χ1n) is 5.91. The van der Waals surface area contributed by atoms with E-state index in [1.807, 2.05) is 12.1 Å². The Morgan fingerprint density at radius 1 is 1.35 bits per heavy atom. The fourth-order valence-corrected chi connectivity index (χ4v) is 1.72. The molecule has 2 aromatic rings. The standard InChI is InChI=1S/C12H17N5/c1-3-10(4-2)16-11-6-5-7-14-12(11)17-9-13-8-15-17/h5-10,16H,3-4H2,1-2H3. The Balaban J connectivity index is 2.28. The first-order valence-corrected chi connectivity index (χ1v) is 5.91. The summed E-state index contributed by atoms with van der Waals surface area (Å²) in [5.41, 5.74) is 0.992. The van der Waals surface area contributed by atoms with Crippen LogP contribution in [-0.4, -0.2) is 25.8 Å². The lowest BCUT2D eigenvalue weighted by Crippen LogP contribution is -2.18. The lowest BCUT2D eigenvalue weighted by molar-refractivity contribution is 0.669. The number of hydrogen-bond acceptors (Lipinski definition) is 4. The molecule has 0 bridgehead atoms. The molecule has 90 valence electrons. The van der Waals surface area contributed by atoms with Crippen molar-refractivity contribution in [2.45, 2.75) is 32.7 Å². The molecule has 0 aromatic carbocycles. The average Bonchev–Trinajstić information content (AvgIpc) is 2.90. The first-order chi connectivity index (χ1) is 8.35. The summed E-state index contributed by atoms with van der Waals surface area (Å²) >= 11 is 0. The van der Waals surface area contributed by atoms with Gasteiger partial charge in [0.15, 0.2) is 5.82 Å². The van der Waals surface area contributed by atoms with Crippen LogP contribution in [0.2, 0.25) is 0 Å². The molecule has 0 fully saturated rings. The van der Waals surface area contributed by atoms with Crippen molar-refractivity contribution >= 4 is 5.69 Å². The van der Waals surface area contributed by atoms with Gasteiger partial charge in [0, 0.05) is 12.2 Å². The van der Waals surface area contributed by atoms with E-state index in [1.54, 1.807) is 17.2 Å². The van der Waals surface area contributed by atoms with Crippen molar-refractivity contribution in [3.63, 3.8) is 0 Å². The molecule has 2 aromatic heterocycles. The maximum Gasteiger partial charge on any atom is 0.178 e. The summed E-state index contributed by atoms with van der Waals surface area (Å²) < 4.78 is 1.67. The molecule has 2 heterocycles. The van der Waals surface area contributed by atoms with Crippen LogP contribution >= 0.6 is 0 Å². The number of hydrogen-bond donors (Lipinski definition) is 1. The van der Waals surface area contributed by atoms with Crippen molar-refractivity contribution < 1.29 is 0 Å². The highest BCUT2D eigenvalue weighted by molar-refractivity contribution is 5.56. The minimum atomic E-state index is 0.460. The number of rotatable bonds is 5. The van der Waals surface area contributed by atoms with Gasteiger partial charge in [-0.25, -0.2) is 14.6 Å². The summed E-state index contributed by atoms with van der Waals surface area (Å²) in [6.45, 7) is 4.35. The quantitative estimate of drug-likeness (QED) is 0.857. The van der Waals surface area contributed by atoms with Crippen LogP contribution in [0.4, 0.5) is 5.69 Å². The van der Waals surface area contributed by atoms with E-state index in [-0.39, 0.29) is 0 Å². The van der Waals surface area contributed by atoms with Crippen molar-refractivity contribution in [3.05, 3.63) is 31.0 Å². The largest absolute Gasteiger partial charge is 0.379 e. The zero-order chi connectivity index (χ0) is 12.1. The summed E-state index contributed by atoms with van der Waals surface area (Å²) in [6, 6.07) is 4.40. The second kappa shape index (κ2) is 5.43. The maximum absolute atomic E-state index is 4.34. The van der Waals surface area contributed by atoms with Crippen molar-refractivity contribution in [3.8, 4) is 5.82 Å². The van der Waals surface area contributed by atoms with E-state index in [0.29, 0.717) is 6.04 Å². The molecular formula is C12H17N5. The van der Waals surface area contributed by atoms with Crippen LogP contribution in [0.3, 0.4) is 0 Å². The lowest BCUT2D eigenvalue weighted by Gasteiger charge is -2.17. The highest BCUT2D eigenvalue weighted by atomic mass is 15.3. The zero-order valence-electron chi connectivity index (χ0n) is 10.2. The summed E-state index contributed by atoms with van der Waals surface area (Å²) in [5, 5.41) is 7.59. The van der Waals surface area contributed by atoms with E-state index >= 15 is 0 Å². The van der Waals surface area contributed by atoms with Crippen LogP contribution in [0.5, 0.6) is 0 Å². The van der Waals surface area contributed by atoms with Crippen LogP contribution in [0, 0.1) is 0 Å². The van der Waals surface area contributed by atoms with Gasteiger partial charge in [0.1, 0.15) is 12.7 Å². The highest BCUT2D eigenvalue weighted by Gasteiger charge is 2.09.